The van der Waals surface area contributed by atoms with Crippen LogP contribution < -0.4 is 0 Å². The summed E-state index contributed by atoms with van der Waals surface area (Å²) in [4.78, 5) is 28.8. The number of thiophene rings is 1. The lowest BCUT2D eigenvalue weighted by atomic mass is 10.1. The SMILES string of the molecule is Cc1c([N+](=O)[O-])cc([N+](=O)[O-])cc1[N+](=O)[O-].Cc1cccc2c1sc1c(C)cccc12. The highest BCUT2D eigenvalue weighted by Gasteiger charge is 2.27. The van der Waals surface area contributed by atoms with Crippen molar-refractivity contribution in [2.24, 2.45) is 0 Å². The van der Waals surface area contributed by atoms with Crippen molar-refractivity contribution in [1.82, 2.24) is 0 Å². The average molecular weight is 439 g/mol. The Bertz CT molecular complexity index is 1270. The molecule has 0 aliphatic rings. The fourth-order valence-corrected chi connectivity index (χ4v) is 4.49. The molecule has 31 heavy (non-hydrogen) atoms. The molecular weight excluding hydrogens is 422 g/mol. The summed E-state index contributed by atoms with van der Waals surface area (Å²) in [7, 11) is 0. The predicted molar refractivity (Wildman–Crippen MR) is 120 cm³/mol. The minimum atomic E-state index is -0.917. The van der Waals surface area contributed by atoms with Gasteiger partial charge >= 0.3 is 0 Å². The molecule has 1 aromatic heterocycles. The zero-order valence-electron chi connectivity index (χ0n) is 16.8. The van der Waals surface area contributed by atoms with Gasteiger partial charge in [0.25, 0.3) is 17.1 Å². The maximum absolute atomic E-state index is 10.5. The van der Waals surface area contributed by atoms with Gasteiger partial charge in [0.1, 0.15) is 5.56 Å². The lowest BCUT2D eigenvalue weighted by Gasteiger charge is -1.99. The van der Waals surface area contributed by atoms with E-state index in [4.69, 9.17) is 0 Å². The van der Waals surface area contributed by atoms with Crippen LogP contribution in [0.3, 0.4) is 0 Å². The van der Waals surface area contributed by atoms with E-state index in [2.05, 4.69) is 50.2 Å². The van der Waals surface area contributed by atoms with Crippen LogP contribution in [0, 0.1) is 51.1 Å². The second-order valence-corrected chi connectivity index (χ2v) is 7.91. The van der Waals surface area contributed by atoms with Crippen LogP contribution >= 0.6 is 11.3 Å². The molecule has 0 atom stereocenters. The van der Waals surface area contributed by atoms with Crippen LogP contribution in [-0.4, -0.2) is 14.8 Å². The normalized spacial score (nSPS) is 10.5. The van der Waals surface area contributed by atoms with Gasteiger partial charge in [0.15, 0.2) is 0 Å². The lowest BCUT2D eigenvalue weighted by molar-refractivity contribution is -0.403. The van der Waals surface area contributed by atoms with Gasteiger partial charge in [-0.15, -0.1) is 11.3 Å². The molecule has 0 bridgehead atoms. The number of hydrogen-bond donors (Lipinski definition) is 0. The number of nitro groups is 3. The number of nitro benzene ring substituents is 3. The summed E-state index contributed by atoms with van der Waals surface area (Å²) < 4.78 is 2.86. The van der Waals surface area contributed by atoms with E-state index in [1.54, 1.807) is 0 Å². The molecular formula is C21H17N3O6S. The number of hydrogen-bond acceptors (Lipinski definition) is 7. The predicted octanol–water partition coefficient (Wildman–Crippen LogP) is 6.39. The molecule has 0 spiro atoms. The minimum Gasteiger partial charge on any atom is -0.258 e. The van der Waals surface area contributed by atoms with Gasteiger partial charge in [0, 0.05) is 20.2 Å². The first kappa shape index (κ1) is 21.8. The summed E-state index contributed by atoms with van der Waals surface area (Å²) in [6.45, 7) is 5.54. The van der Waals surface area contributed by atoms with Gasteiger partial charge in [-0.25, -0.2) is 0 Å². The first-order chi connectivity index (χ1) is 14.6. The van der Waals surface area contributed by atoms with Crippen LogP contribution in [0.1, 0.15) is 16.7 Å². The van der Waals surface area contributed by atoms with E-state index in [1.807, 2.05) is 11.3 Å². The van der Waals surface area contributed by atoms with Crippen LogP contribution in [-0.2, 0) is 0 Å². The molecule has 4 aromatic rings. The Hall–Kier alpha value is -3.92. The van der Waals surface area contributed by atoms with Gasteiger partial charge in [-0.1, -0.05) is 36.4 Å². The number of fused-ring (bicyclic) bond motifs is 3. The van der Waals surface area contributed by atoms with E-state index in [1.165, 1.54) is 38.2 Å². The third kappa shape index (κ3) is 4.19. The topological polar surface area (TPSA) is 129 Å². The molecule has 0 amide bonds. The quantitative estimate of drug-likeness (QED) is 0.268. The Balaban J connectivity index is 0.000000176. The number of nitrogens with zero attached hydrogens (tertiary/aromatic N) is 3. The molecule has 0 unspecified atom stereocenters. The van der Waals surface area contributed by atoms with Crippen LogP contribution in [0.15, 0.2) is 48.5 Å². The Labute approximate surface area is 180 Å². The maximum Gasteiger partial charge on any atom is 0.286 e. The van der Waals surface area contributed by atoms with Crippen molar-refractivity contribution in [1.29, 1.82) is 0 Å². The second-order valence-electron chi connectivity index (χ2n) is 6.89. The van der Waals surface area contributed by atoms with Crippen LogP contribution in [0.5, 0.6) is 0 Å². The standard InChI is InChI=1S/C14H12S.C7H5N3O6/c1-9-5-3-7-11-12-8-4-6-10(2)14(12)15-13(9)11;1-4-6(9(13)14)2-5(8(11)12)3-7(4)10(15)16/h3-8H,1-2H3;2-3H,1H3. The minimum absolute atomic E-state index is 0.208. The number of non-ortho nitro benzene ring substituents is 1. The lowest BCUT2D eigenvalue weighted by Crippen LogP contribution is -2.00. The van der Waals surface area contributed by atoms with E-state index >= 15 is 0 Å². The van der Waals surface area contributed by atoms with Crippen molar-refractivity contribution in [3.05, 3.63) is 95.6 Å². The Morgan fingerprint density at radius 3 is 1.45 bits per heavy atom. The van der Waals surface area contributed by atoms with Crippen LogP contribution in [0.2, 0.25) is 0 Å². The summed E-state index contributed by atoms with van der Waals surface area (Å²) >= 11 is 1.91. The highest BCUT2D eigenvalue weighted by Crippen LogP contribution is 2.37. The van der Waals surface area contributed by atoms with Crippen LogP contribution in [0.25, 0.3) is 20.2 Å². The van der Waals surface area contributed by atoms with Crippen molar-refractivity contribution in [2.75, 3.05) is 0 Å². The first-order valence-electron chi connectivity index (χ1n) is 9.07. The van der Waals surface area contributed by atoms with Crippen molar-refractivity contribution in [2.45, 2.75) is 20.8 Å². The molecule has 0 saturated heterocycles. The van der Waals surface area contributed by atoms with Gasteiger partial charge in [-0.3, -0.25) is 30.3 Å². The molecule has 4 rings (SSSR count). The molecule has 158 valence electrons. The fourth-order valence-electron chi connectivity index (χ4n) is 3.26. The summed E-state index contributed by atoms with van der Waals surface area (Å²) in [6.07, 6.45) is 0. The maximum atomic E-state index is 10.5. The Morgan fingerprint density at radius 1 is 0.677 bits per heavy atom. The van der Waals surface area contributed by atoms with E-state index in [-0.39, 0.29) is 5.56 Å². The summed E-state index contributed by atoms with van der Waals surface area (Å²) in [5.74, 6) is 0. The largest absolute Gasteiger partial charge is 0.286 e. The molecule has 10 heteroatoms. The average Bonchev–Trinajstić information content (AvgIpc) is 3.10. The van der Waals surface area contributed by atoms with Crippen molar-refractivity contribution >= 4 is 48.6 Å². The Kier molecular flexibility index (Phi) is 5.93. The van der Waals surface area contributed by atoms with Gasteiger partial charge in [-0.2, -0.15) is 0 Å². The summed E-state index contributed by atoms with van der Waals surface area (Å²) in [5.41, 5.74) is 0.604. The first-order valence-corrected chi connectivity index (χ1v) is 9.88. The highest BCUT2D eigenvalue weighted by molar-refractivity contribution is 7.26. The second kappa shape index (κ2) is 8.44. The summed E-state index contributed by atoms with van der Waals surface area (Å²) in [5, 5.41) is 34.3. The fraction of sp³-hybridized carbons (Fsp3) is 0.143. The van der Waals surface area contributed by atoms with Crippen molar-refractivity contribution < 1.29 is 14.8 Å². The van der Waals surface area contributed by atoms with Crippen molar-refractivity contribution in [3.63, 3.8) is 0 Å². The van der Waals surface area contributed by atoms with Gasteiger partial charge in [-0.05, 0) is 31.9 Å². The van der Waals surface area contributed by atoms with E-state index in [0.29, 0.717) is 12.1 Å². The number of benzene rings is 3. The molecule has 9 nitrogen and oxygen atoms in total. The van der Waals surface area contributed by atoms with E-state index in [0.717, 1.165) is 0 Å². The summed E-state index contributed by atoms with van der Waals surface area (Å²) in [6, 6.07) is 14.5. The molecule has 0 saturated carbocycles. The molecule has 0 aliphatic carbocycles. The molecule has 0 N–H and O–H groups in total. The third-order valence-electron chi connectivity index (χ3n) is 4.86. The molecule has 3 aromatic carbocycles. The van der Waals surface area contributed by atoms with Crippen molar-refractivity contribution in [3.8, 4) is 0 Å². The van der Waals surface area contributed by atoms with Gasteiger partial charge in [0.2, 0.25) is 0 Å². The number of rotatable bonds is 3. The third-order valence-corrected chi connectivity index (χ3v) is 6.35. The highest BCUT2D eigenvalue weighted by atomic mass is 32.1. The molecule has 0 aliphatic heterocycles. The smallest absolute Gasteiger partial charge is 0.258 e. The Morgan fingerprint density at radius 2 is 1.10 bits per heavy atom. The van der Waals surface area contributed by atoms with E-state index < -0.39 is 31.8 Å². The van der Waals surface area contributed by atoms with Gasteiger partial charge < -0.3 is 0 Å². The molecule has 0 fully saturated rings. The van der Waals surface area contributed by atoms with Crippen LogP contribution in [0.4, 0.5) is 17.1 Å². The molecule has 1 heterocycles. The zero-order valence-corrected chi connectivity index (χ0v) is 17.6. The van der Waals surface area contributed by atoms with E-state index in [9.17, 15) is 30.3 Å². The zero-order chi connectivity index (χ0) is 22.9. The number of aryl methyl sites for hydroxylation is 2. The monoisotopic (exact) mass is 439 g/mol. The van der Waals surface area contributed by atoms with Gasteiger partial charge in [0.05, 0.1) is 26.9 Å². The molecule has 0 radical (unpaired) electrons.